The molecule has 0 spiro atoms. The van der Waals surface area contributed by atoms with Crippen LogP contribution in [0.15, 0.2) is 12.1 Å². The smallest absolute Gasteiger partial charge is 0.354 e. The van der Waals surface area contributed by atoms with E-state index in [0.29, 0.717) is 24.7 Å². The lowest BCUT2D eigenvalue weighted by molar-refractivity contribution is 0.0691. The lowest BCUT2D eigenvalue weighted by Gasteiger charge is -2.21. The number of carboxylic acid groups (broad SMARTS) is 1. The number of ether oxygens (including phenoxy) is 1. The first-order valence-electron chi connectivity index (χ1n) is 8.27. The van der Waals surface area contributed by atoms with Gasteiger partial charge in [0.2, 0.25) is 0 Å². The van der Waals surface area contributed by atoms with Crippen molar-refractivity contribution in [2.24, 2.45) is 5.92 Å². The van der Waals surface area contributed by atoms with E-state index in [9.17, 15) is 4.79 Å². The summed E-state index contributed by atoms with van der Waals surface area (Å²) in [6.07, 6.45) is 7.36. The Bertz CT molecular complexity index is 690. The number of carbonyl (C=O) groups is 1. The van der Waals surface area contributed by atoms with Gasteiger partial charge in [-0.05, 0) is 18.1 Å². The normalized spacial score (nSPS) is 16.0. The number of pyridine rings is 1. The van der Waals surface area contributed by atoms with E-state index in [1.807, 2.05) is 4.57 Å². The molecule has 0 radical (unpaired) electrons. The minimum atomic E-state index is -1.01. The third-order valence-electron chi connectivity index (χ3n) is 4.61. The van der Waals surface area contributed by atoms with Gasteiger partial charge < -0.3 is 14.4 Å². The van der Waals surface area contributed by atoms with Crippen LogP contribution < -0.4 is 0 Å². The molecule has 0 aromatic carbocycles. The SMILES string of the molecule is COCCn1c(CC2CCCCC2)nc2ccc(C(=O)O)nc21. The Hall–Kier alpha value is -1.95. The van der Waals surface area contributed by atoms with Gasteiger partial charge in [0.05, 0.1) is 6.61 Å². The molecule has 2 heterocycles. The van der Waals surface area contributed by atoms with Gasteiger partial charge >= 0.3 is 5.97 Å². The summed E-state index contributed by atoms with van der Waals surface area (Å²) in [4.78, 5) is 20.2. The second-order valence-electron chi connectivity index (χ2n) is 6.23. The van der Waals surface area contributed by atoms with Crippen molar-refractivity contribution < 1.29 is 14.6 Å². The second-order valence-corrected chi connectivity index (χ2v) is 6.23. The summed E-state index contributed by atoms with van der Waals surface area (Å²) in [6.45, 7) is 1.20. The molecule has 1 aliphatic rings. The number of nitrogens with zero attached hydrogens (tertiary/aromatic N) is 3. The number of rotatable bonds is 6. The zero-order valence-corrected chi connectivity index (χ0v) is 13.5. The number of carboxylic acids is 1. The van der Waals surface area contributed by atoms with Gasteiger partial charge in [-0.3, -0.25) is 0 Å². The Morgan fingerprint density at radius 3 is 2.78 bits per heavy atom. The highest BCUT2D eigenvalue weighted by Gasteiger charge is 2.20. The molecule has 2 aromatic rings. The van der Waals surface area contributed by atoms with Crippen molar-refractivity contribution in [1.82, 2.24) is 14.5 Å². The molecule has 23 heavy (non-hydrogen) atoms. The Morgan fingerprint density at radius 1 is 1.30 bits per heavy atom. The first kappa shape index (κ1) is 15.9. The number of fused-ring (bicyclic) bond motifs is 1. The summed E-state index contributed by atoms with van der Waals surface area (Å²) in [5.41, 5.74) is 1.46. The maximum absolute atomic E-state index is 11.2. The predicted molar refractivity (Wildman–Crippen MR) is 86.6 cm³/mol. The standard InChI is InChI=1S/C17H23N3O3/c1-23-10-9-20-15(11-12-5-3-2-4-6-12)18-13-7-8-14(17(21)22)19-16(13)20/h7-8,12H,2-6,9-11H2,1H3,(H,21,22). The number of imidazole rings is 1. The molecule has 0 atom stereocenters. The third kappa shape index (κ3) is 3.52. The first-order valence-corrected chi connectivity index (χ1v) is 8.27. The van der Waals surface area contributed by atoms with E-state index in [4.69, 9.17) is 14.8 Å². The highest BCUT2D eigenvalue weighted by Crippen LogP contribution is 2.27. The summed E-state index contributed by atoms with van der Waals surface area (Å²) in [5, 5.41) is 9.16. The van der Waals surface area contributed by atoms with Gasteiger partial charge in [0.1, 0.15) is 11.3 Å². The molecule has 6 heteroatoms. The van der Waals surface area contributed by atoms with Crippen LogP contribution in [0.4, 0.5) is 0 Å². The van der Waals surface area contributed by atoms with Gasteiger partial charge in [-0.15, -0.1) is 0 Å². The van der Waals surface area contributed by atoms with Crippen LogP contribution in [0, 0.1) is 5.92 Å². The van der Waals surface area contributed by atoms with Crippen molar-refractivity contribution in [3.05, 3.63) is 23.7 Å². The van der Waals surface area contributed by atoms with Crippen LogP contribution in [-0.2, 0) is 17.7 Å². The second kappa shape index (κ2) is 7.08. The fourth-order valence-electron chi connectivity index (χ4n) is 3.39. The van der Waals surface area contributed by atoms with E-state index in [2.05, 4.69) is 4.98 Å². The molecule has 0 unspecified atom stereocenters. The number of aromatic carboxylic acids is 1. The highest BCUT2D eigenvalue weighted by atomic mass is 16.5. The quantitative estimate of drug-likeness (QED) is 0.886. The number of aromatic nitrogens is 3. The van der Waals surface area contributed by atoms with Gasteiger partial charge in [0.15, 0.2) is 11.3 Å². The number of hydrogen-bond donors (Lipinski definition) is 1. The highest BCUT2D eigenvalue weighted by molar-refractivity contribution is 5.88. The maximum atomic E-state index is 11.2. The Kier molecular flexibility index (Phi) is 4.91. The maximum Gasteiger partial charge on any atom is 0.354 e. The van der Waals surface area contributed by atoms with Crippen LogP contribution in [0.25, 0.3) is 11.2 Å². The van der Waals surface area contributed by atoms with E-state index < -0.39 is 5.97 Å². The molecule has 1 saturated carbocycles. The summed E-state index contributed by atoms with van der Waals surface area (Å²) in [5.74, 6) is 0.653. The average molecular weight is 317 g/mol. The Morgan fingerprint density at radius 2 is 2.09 bits per heavy atom. The molecular weight excluding hydrogens is 294 g/mol. The average Bonchev–Trinajstić information content (AvgIpc) is 2.90. The first-order chi connectivity index (χ1) is 11.2. The van der Waals surface area contributed by atoms with E-state index in [1.54, 1.807) is 13.2 Å². The van der Waals surface area contributed by atoms with Gasteiger partial charge in [-0.25, -0.2) is 14.8 Å². The monoisotopic (exact) mass is 317 g/mol. The Balaban J connectivity index is 1.95. The van der Waals surface area contributed by atoms with Crippen LogP contribution in [0.3, 0.4) is 0 Å². The van der Waals surface area contributed by atoms with Gasteiger partial charge in [-0.1, -0.05) is 32.1 Å². The van der Waals surface area contributed by atoms with E-state index in [0.717, 1.165) is 17.8 Å². The van der Waals surface area contributed by atoms with Crippen LogP contribution in [0.5, 0.6) is 0 Å². The number of methoxy groups -OCH3 is 1. The molecule has 0 saturated heterocycles. The molecule has 6 nitrogen and oxygen atoms in total. The zero-order chi connectivity index (χ0) is 16.2. The van der Waals surface area contributed by atoms with E-state index in [-0.39, 0.29) is 5.69 Å². The fraction of sp³-hybridized carbons (Fsp3) is 0.588. The van der Waals surface area contributed by atoms with Crippen molar-refractivity contribution in [3.8, 4) is 0 Å². The summed E-state index contributed by atoms with van der Waals surface area (Å²) < 4.78 is 7.22. The van der Waals surface area contributed by atoms with E-state index in [1.165, 1.54) is 38.2 Å². The van der Waals surface area contributed by atoms with Crippen LogP contribution in [0.2, 0.25) is 0 Å². The van der Waals surface area contributed by atoms with Crippen molar-refractivity contribution in [3.63, 3.8) is 0 Å². The van der Waals surface area contributed by atoms with E-state index >= 15 is 0 Å². The molecule has 0 bridgehead atoms. The third-order valence-corrected chi connectivity index (χ3v) is 4.61. The summed E-state index contributed by atoms with van der Waals surface area (Å²) in [7, 11) is 1.66. The molecular formula is C17H23N3O3. The molecule has 3 rings (SSSR count). The largest absolute Gasteiger partial charge is 0.477 e. The van der Waals surface area contributed by atoms with Crippen LogP contribution >= 0.6 is 0 Å². The summed E-state index contributed by atoms with van der Waals surface area (Å²) in [6, 6.07) is 3.27. The van der Waals surface area contributed by atoms with Gasteiger partial charge in [0, 0.05) is 20.1 Å². The fourth-order valence-corrected chi connectivity index (χ4v) is 3.39. The molecule has 124 valence electrons. The topological polar surface area (TPSA) is 77.2 Å². The van der Waals surface area contributed by atoms with Gasteiger partial charge in [-0.2, -0.15) is 0 Å². The van der Waals surface area contributed by atoms with Crippen molar-refractivity contribution >= 4 is 17.1 Å². The van der Waals surface area contributed by atoms with Crippen molar-refractivity contribution in [2.45, 2.75) is 45.1 Å². The lowest BCUT2D eigenvalue weighted by atomic mass is 9.87. The van der Waals surface area contributed by atoms with Gasteiger partial charge in [0.25, 0.3) is 0 Å². The lowest BCUT2D eigenvalue weighted by Crippen LogP contribution is -2.15. The van der Waals surface area contributed by atoms with Crippen LogP contribution in [-0.4, -0.2) is 39.3 Å². The molecule has 1 fully saturated rings. The minimum absolute atomic E-state index is 0.0558. The summed E-state index contributed by atoms with van der Waals surface area (Å²) >= 11 is 0. The Labute approximate surface area is 135 Å². The molecule has 1 aliphatic carbocycles. The molecule has 1 N–H and O–H groups in total. The van der Waals surface area contributed by atoms with Crippen molar-refractivity contribution in [2.75, 3.05) is 13.7 Å². The zero-order valence-electron chi connectivity index (χ0n) is 13.5. The van der Waals surface area contributed by atoms with Crippen molar-refractivity contribution in [1.29, 1.82) is 0 Å². The predicted octanol–water partition coefficient (Wildman–Crippen LogP) is 2.90. The molecule has 0 aliphatic heterocycles. The molecule has 0 amide bonds. The molecule has 2 aromatic heterocycles. The number of hydrogen-bond acceptors (Lipinski definition) is 4. The minimum Gasteiger partial charge on any atom is -0.477 e. The van der Waals surface area contributed by atoms with Crippen LogP contribution in [0.1, 0.15) is 48.4 Å².